The van der Waals surface area contributed by atoms with Crippen molar-refractivity contribution in [1.82, 2.24) is 15.2 Å². The Balaban J connectivity index is 2.11. The minimum Gasteiger partial charge on any atom is -0.334 e. The molecule has 2 heterocycles. The third-order valence-corrected chi connectivity index (χ3v) is 4.87. The molecule has 1 aromatic rings. The summed E-state index contributed by atoms with van der Waals surface area (Å²) < 4.78 is 0. The number of carbonyl (C=O) groups excluding carboxylic acids is 1. The van der Waals surface area contributed by atoms with Gasteiger partial charge in [-0.05, 0) is 47.1 Å². The molecule has 1 fully saturated rings. The van der Waals surface area contributed by atoms with Gasteiger partial charge in [0.05, 0.1) is 10.7 Å². The molecule has 112 valence electrons. The van der Waals surface area contributed by atoms with E-state index in [1.165, 1.54) is 24.2 Å². The number of hydrogen-bond donors (Lipinski definition) is 1. The van der Waals surface area contributed by atoms with Crippen LogP contribution in [-0.2, 0) is 0 Å². The summed E-state index contributed by atoms with van der Waals surface area (Å²) in [5.74, 6) is 0.135. The van der Waals surface area contributed by atoms with Crippen LogP contribution in [0.1, 0.15) is 53.5 Å². The third-order valence-electron chi connectivity index (χ3n) is 3.81. The number of carbonyl (C=O) groups is 1. The van der Waals surface area contributed by atoms with E-state index in [2.05, 4.69) is 24.1 Å². The highest BCUT2D eigenvalue weighted by atomic mass is 32.1. The van der Waals surface area contributed by atoms with Crippen LogP contribution >= 0.6 is 11.3 Å². The second kappa shape index (κ2) is 6.68. The van der Waals surface area contributed by atoms with Gasteiger partial charge in [-0.25, -0.2) is 4.98 Å². The van der Waals surface area contributed by atoms with Crippen molar-refractivity contribution in [2.24, 2.45) is 0 Å². The first-order valence-corrected chi connectivity index (χ1v) is 8.29. The second-order valence-electron chi connectivity index (χ2n) is 5.85. The lowest BCUT2D eigenvalue weighted by Crippen LogP contribution is -2.48. The summed E-state index contributed by atoms with van der Waals surface area (Å²) >= 11 is 1.51. The number of nitrogens with zero attached hydrogens (tertiary/aromatic N) is 2. The molecule has 0 radical (unpaired) electrons. The van der Waals surface area contributed by atoms with Crippen LogP contribution in [0, 0.1) is 13.8 Å². The fourth-order valence-corrected chi connectivity index (χ4v) is 3.58. The highest BCUT2D eigenvalue weighted by Crippen LogP contribution is 2.21. The first-order chi connectivity index (χ1) is 9.49. The zero-order valence-electron chi connectivity index (χ0n) is 12.9. The van der Waals surface area contributed by atoms with E-state index in [9.17, 15) is 4.79 Å². The smallest absolute Gasteiger partial charge is 0.266 e. The van der Waals surface area contributed by atoms with Crippen molar-refractivity contribution < 1.29 is 4.79 Å². The van der Waals surface area contributed by atoms with Crippen molar-refractivity contribution in [3.05, 3.63) is 15.6 Å². The van der Waals surface area contributed by atoms with Crippen molar-refractivity contribution in [2.45, 2.75) is 59.0 Å². The standard InChI is InChI=1S/C15H25N3OS/c1-10(2)18(9-13-7-5-6-8-16-13)15(19)14-11(3)17-12(4)20-14/h10,13,16H,5-9H2,1-4H3. The highest BCUT2D eigenvalue weighted by Gasteiger charge is 2.26. The second-order valence-corrected chi connectivity index (χ2v) is 7.05. The maximum absolute atomic E-state index is 12.8. The predicted molar refractivity (Wildman–Crippen MR) is 83.4 cm³/mol. The Hall–Kier alpha value is -0.940. The SMILES string of the molecule is Cc1nc(C)c(C(=O)N(CC2CCCCN2)C(C)C)s1. The minimum atomic E-state index is 0.135. The van der Waals surface area contributed by atoms with Gasteiger partial charge in [0.25, 0.3) is 5.91 Å². The summed E-state index contributed by atoms with van der Waals surface area (Å²) in [5, 5.41) is 4.49. The first kappa shape index (κ1) is 15.4. The number of nitrogens with one attached hydrogen (secondary N) is 1. The van der Waals surface area contributed by atoms with E-state index in [-0.39, 0.29) is 11.9 Å². The highest BCUT2D eigenvalue weighted by molar-refractivity contribution is 7.13. The molecule has 0 saturated carbocycles. The molecule has 4 nitrogen and oxygen atoms in total. The molecular formula is C15H25N3OS. The molecule has 20 heavy (non-hydrogen) atoms. The van der Waals surface area contributed by atoms with E-state index in [4.69, 9.17) is 0 Å². The molecule has 1 aliphatic heterocycles. The summed E-state index contributed by atoms with van der Waals surface area (Å²) in [6.45, 7) is 9.93. The van der Waals surface area contributed by atoms with Crippen molar-refractivity contribution in [3.8, 4) is 0 Å². The van der Waals surface area contributed by atoms with Crippen molar-refractivity contribution >= 4 is 17.2 Å². The van der Waals surface area contributed by atoms with Crippen molar-refractivity contribution in [1.29, 1.82) is 0 Å². The van der Waals surface area contributed by atoms with Gasteiger partial charge in [-0.2, -0.15) is 0 Å². The molecule has 0 bridgehead atoms. The van der Waals surface area contributed by atoms with Gasteiger partial charge in [0.15, 0.2) is 0 Å². The first-order valence-electron chi connectivity index (χ1n) is 7.47. The van der Waals surface area contributed by atoms with E-state index < -0.39 is 0 Å². The van der Waals surface area contributed by atoms with Crippen LogP contribution in [0.15, 0.2) is 0 Å². The topological polar surface area (TPSA) is 45.2 Å². The molecule has 1 aromatic heterocycles. The Morgan fingerprint density at radius 3 is 2.70 bits per heavy atom. The van der Waals surface area contributed by atoms with E-state index in [1.807, 2.05) is 18.7 Å². The van der Waals surface area contributed by atoms with Gasteiger partial charge in [0.2, 0.25) is 0 Å². The van der Waals surface area contributed by atoms with Gasteiger partial charge in [-0.15, -0.1) is 11.3 Å². The number of hydrogen-bond acceptors (Lipinski definition) is 4. The van der Waals surface area contributed by atoms with Crippen molar-refractivity contribution in [2.75, 3.05) is 13.1 Å². The number of piperidine rings is 1. The quantitative estimate of drug-likeness (QED) is 0.929. The zero-order chi connectivity index (χ0) is 14.7. The predicted octanol–water partition coefficient (Wildman–Crippen LogP) is 2.75. The van der Waals surface area contributed by atoms with Crippen LogP contribution < -0.4 is 5.32 Å². The van der Waals surface area contributed by atoms with Crippen LogP contribution in [0.4, 0.5) is 0 Å². The Morgan fingerprint density at radius 2 is 2.20 bits per heavy atom. The van der Waals surface area contributed by atoms with Crippen LogP contribution in [0.3, 0.4) is 0 Å². The van der Waals surface area contributed by atoms with Gasteiger partial charge in [0, 0.05) is 18.6 Å². The fraction of sp³-hybridized carbons (Fsp3) is 0.733. The number of amides is 1. The van der Waals surface area contributed by atoms with Crippen LogP contribution in [-0.4, -0.2) is 41.0 Å². The molecule has 1 saturated heterocycles. The lowest BCUT2D eigenvalue weighted by Gasteiger charge is -2.33. The molecule has 0 aliphatic carbocycles. The van der Waals surface area contributed by atoms with E-state index in [0.717, 1.165) is 35.1 Å². The summed E-state index contributed by atoms with van der Waals surface area (Å²) in [5.41, 5.74) is 0.861. The molecule has 5 heteroatoms. The lowest BCUT2D eigenvalue weighted by molar-refractivity contribution is 0.0681. The Kier molecular flexibility index (Phi) is 5.16. The van der Waals surface area contributed by atoms with Crippen molar-refractivity contribution in [3.63, 3.8) is 0 Å². The molecule has 1 aliphatic rings. The van der Waals surface area contributed by atoms with Crippen LogP contribution in [0.5, 0.6) is 0 Å². The summed E-state index contributed by atoms with van der Waals surface area (Å²) in [6, 6.07) is 0.650. The molecular weight excluding hydrogens is 270 g/mol. The molecule has 1 amide bonds. The normalized spacial score (nSPS) is 19.4. The summed E-state index contributed by atoms with van der Waals surface area (Å²) in [6.07, 6.45) is 3.67. The monoisotopic (exact) mass is 295 g/mol. The van der Waals surface area contributed by atoms with Crippen LogP contribution in [0.25, 0.3) is 0 Å². The number of rotatable bonds is 4. The maximum atomic E-state index is 12.8. The molecule has 0 aromatic carbocycles. The average molecular weight is 295 g/mol. The Morgan fingerprint density at radius 1 is 1.45 bits per heavy atom. The Bertz CT molecular complexity index is 464. The summed E-state index contributed by atoms with van der Waals surface area (Å²) in [7, 11) is 0. The number of aryl methyl sites for hydroxylation is 2. The fourth-order valence-electron chi connectivity index (χ4n) is 2.71. The number of aromatic nitrogens is 1. The lowest BCUT2D eigenvalue weighted by atomic mass is 10.0. The largest absolute Gasteiger partial charge is 0.334 e. The van der Waals surface area contributed by atoms with Gasteiger partial charge in [0.1, 0.15) is 4.88 Å². The molecule has 1 N–H and O–H groups in total. The molecule has 1 atom stereocenters. The third kappa shape index (κ3) is 3.58. The van der Waals surface area contributed by atoms with Crippen LogP contribution in [0.2, 0.25) is 0 Å². The van der Waals surface area contributed by atoms with Gasteiger partial charge in [-0.1, -0.05) is 6.42 Å². The van der Waals surface area contributed by atoms with E-state index in [1.54, 1.807) is 0 Å². The molecule has 1 unspecified atom stereocenters. The van der Waals surface area contributed by atoms with Gasteiger partial charge >= 0.3 is 0 Å². The van der Waals surface area contributed by atoms with Gasteiger partial charge < -0.3 is 10.2 Å². The minimum absolute atomic E-state index is 0.135. The maximum Gasteiger partial charge on any atom is 0.266 e. The molecule has 2 rings (SSSR count). The average Bonchev–Trinajstić information content (AvgIpc) is 2.75. The summed E-state index contributed by atoms with van der Waals surface area (Å²) in [4.78, 5) is 19.9. The van der Waals surface area contributed by atoms with E-state index >= 15 is 0 Å². The zero-order valence-corrected chi connectivity index (χ0v) is 13.7. The van der Waals surface area contributed by atoms with E-state index in [0.29, 0.717) is 6.04 Å². The van der Waals surface area contributed by atoms with Gasteiger partial charge in [-0.3, -0.25) is 4.79 Å². The number of thiazole rings is 1. The molecule has 0 spiro atoms. The Labute approximate surface area is 125 Å².